The van der Waals surface area contributed by atoms with Crippen LogP contribution in [0.4, 0.5) is 0 Å². The van der Waals surface area contributed by atoms with E-state index < -0.39 is 5.91 Å². The standard InChI is InChI=1S/C15H15N3O3/c1-21-13-7-3-2-5-11(13)9-14(19)17-18-15(20)12-6-4-8-16-10-12/h2-8,10H,9H2,1H3,(H,17,19)(H,18,20). The number of amides is 2. The number of hydrogen-bond donors (Lipinski definition) is 2. The second-order valence-corrected chi connectivity index (χ2v) is 4.23. The molecule has 2 rings (SSSR count). The lowest BCUT2D eigenvalue weighted by Gasteiger charge is -2.09. The molecule has 2 amide bonds. The largest absolute Gasteiger partial charge is 0.496 e. The fraction of sp³-hybridized carbons (Fsp3) is 0.133. The number of nitrogens with zero attached hydrogens (tertiary/aromatic N) is 1. The van der Waals surface area contributed by atoms with Crippen LogP contribution in [0.3, 0.4) is 0 Å². The van der Waals surface area contributed by atoms with Crippen molar-refractivity contribution in [3.63, 3.8) is 0 Å². The van der Waals surface area contributed by atoms with E-state index in [2.05, 4.69) is 15.8 Å². The van der Waals surface area contributed by atoms with Crippen molar-refractivity contribution in [3.05, 3.63) is 59.9 Å². The highest BCUT2D eigenvalue weighted by Crippen LogP contribution is 2.17. The summed E-state index contributed by atoms with van der Waals surface area (Å²) in [6, 6.07) is 10.5. The van der Waals surface area contributed by atoms with Crippen LogP contribution in [0.1, 0.15) is 15.9 Å². The number of aromatic nitrogens is 1. The molecule has 0 unspecified atom stereocenters. The Morgan fingerprint density at radius 3 is 2.67 bits per heavy atom. The number of nitrogens with one attached hydrogen (secondary N) is 2. The molecule has 0 fully saturated rings. The van der Waals surface area contributed by atoms with Gasteiger partial charge in [-0.05, 0) is 18.2 Å². The molecule has 6 heteroatoms. The maximum atomic E-state index is 11.8. The number of para-hydroxylation sites is 1. The van der Waals surface area contributed by atoms with Crippen LogP contribution in [0.15, 0.2) is 48.8 Å². The van der Waals surface area contributed by atoms with Gasteiger partial charge in [0.05, 0.1) is 19.1 Å². The zero-order valence-electron chi connectivity index (χ0n) is 11.5. The van der Waals surface area contributed by atoms with Crippen molar-refractivity contribution in [2.75, 3.05) is 7.11 Å². The van der Waals surface area contributed by atoms with Crippen LogP contribution in [-0.4, -0.2) is 23.9 Å². The molecule has 6 nitrogen and oxygen atoms in total. The maximum absolute atomic E-state index is 11.8. The number of ether oxygens (including phenoxy) is 1. The fourth-order valence-electron chi connectivity index (χ4n) is 1.76. The first-order valence-corrected chi connectivity index (χ1v) is 6.32. The minimum Gasteiger partial charge on any atom is -0.496 e. The van der Waals surface area contributed by atoms with Crippen molar-refractivity contribution in [2.45, 2.75) is 6.42 Å². The highest BCUT2D eigenvalue weighted by Gasteiger charge is 2.10. The van der Waals surface area contributed by atoms with Crippen LogP contribution >= 0.6 is 0 Å². The first-order chi connectivity index (χ1) is 10.2. The molecule has 0 saturated carbocycles. The number of hydrogen-bond acceptors (Lipinski definition) is 4. The SMILES string of the molecule is COc1ccccc1CC(=O)NNC(=O)c1cccnc1. The molecule has 0 aliphatic heterocycles. The van der Waals surface area contributed by atoms with Gasteiger partial charge in [-0.15, -0.1) is 0 Å². The Kier molecular flexibility index (Phi) is 4.87. The van der Waals surface area contributed by atoms with Gasteiger partial charge in [-0.1, -0.05) is 18.2 Å². The molecule has 2 aromatic rings. The molecule has 0 saturated heterocycles. The third-order valence-corrected chi connectivity index (χ3v) is 2.78. The molecule has 0 atom stereocenters. The van der Waals surface area contributed by atoms with Crippen molar-refractivity contribution in [1.82, 2.24) is 15.8 Å². The van der Waals surface area contributed by atoms with Gasteiger partial charge in [0.2, 0.25) is 5.91 Å². The Morgan fingerprint density at radius 2 is 1.95 bits per heavy atom. The Labute approximate surface area is 122 Å². The monoisotopic (exact) mass is 285 g/mol. The van der Waals surface area contributed by atoms with Gasteiger partial charge in [0.15, 0.2) is 0 Å². The quantitative estimate of drug-likeness (QED) is 0.824. The van der Waals surface area contributed by atoms with E-state index in [1.165, 1.54) is 6.20 Å². The van der Waals surface area contributed by atoms with Gasteiger partial charge >= 0.3 is 0 Å². The first-order valence-electron chi connectivity index (χ1n) is 6.32. The Balaban J connectivity index is 1.89. The van der Waals surface area contributed by atoms with Gasteiger partial charge in [-0.2, -0.15) is 0 Å². The van der Waals surface area contributed by atoms with Crippen LogP contribution in [0.5, 0.6) is 5.75 Å². The number of benzene rings is 1. The maximum Gasteiger partial charge on any atom is 0.271 e. The van der Waals surface area contributed by atoms with Gasteiger partial charge < -0.3 is 4.74 Å². The summed E-state index contributed by atoms with van der Waals surface area (Å²) in [5.41, 5.74) is 5.81. The first kappa shape index (κ1) is 14.5. The van der Waals surface area contributed by atoms with Crippen molar-refractivity contribution in [3.8, 4) is 5.75 Å². The number of rotatable bonds is 4. The summed E-state index contributed by atoms with van der Waals surface area (Å²) in [7, 11) is 1.54. The highest BCUT2D eigenvalue weighted by molar-refractivity contribution is 5.95. The molecule has 0 radical (unpaired) electrons. The van der Waals surface area contributed by atoms with E-state index in [1.54, 1.807) is 37.6 Å². The number of carbonyl (C=O) groups is 2. The summed E-state index contributed by atoms with van der Waals surface area (Å²) in [6.45, 7) is 0. The fourth-order valence-corrected chi connectivity index (χ4v) is 1.76. The third-order valence-electron chi connectivity index (χ3n) is 2.78. The molecular formula is C15H15N3O3. The van der Waals surface area contributed by atoms with Crippen LogP contribution in [0, 0.1) is 0 Å². The van der Waals surface area contributed by atoms with E-state index >= 15 is 0 Å². The van der Waals surface area contributed by atoms with Crippen molar-refractivity contribution >= 4 is 11.8 Å². The second-order valence-electron chi connectivity index (χ2n) is 4.23. The van der Waals surface area contributed by atoms with Crippen LogP contribution in [0.2, 0.25) is 0 Å². The van der Waals surface area contributed by atoms with Crippen molar-refractivity contribution in [2.24, 2.45) is 0 Å². The summed E-state index contributed by atoms with van der Waals surface area (Å²) in [5, 5.41) is 0. The van der Waals surface area contributed by atoms with Crippen LogP contribution < -0.4 is 15.6 Å². The molecule has 0 aliphatic carbocycles. The Morgan fingerprint density at radius 1 is 1.14 bits per heavy atom. The summed E-state index contributed by atoms with van der Waals surface area (Å²) >= 11 is 0. The molecule has 108 valence electrons. The van der Waals surface area contributed by atoms with Gasteiger partial charge in [0.1, 0.15) is 5.75 Å². The summed E-state index contributed by atoms with van der Waals surface area (Å²) in [4.78, 5) is 27.4. The molecule has 2 N–H and O–H groups in total. The lowest BCUT2D eigenvalue weighted by molar-refractivity contribution is -0.121. The molecule has 0 bridgehead atoms. The summed E-state index contributed by atoms with van der Waals surface area (Å²) < 4.78 is 5.17. The average Bonchev–Trinajstić information content (AvgIpc) is 2.54. The highest BCUT2D eigenvalue weighted by atomic mass is 16.5. The normalized spacial score (nSPS) is 9.76. The lowest BCUT2D eigenvalue weighted by Crippen LogP contribution is -2.42. The zero-order chi connectivity index (χ0) is 15.1. The predicted octanol–water partition coefficient (Wildman–Crippen LogP) is 1.09. The summed E-state index contributed by atoms with van der Waals surface area (Å²) in [5.74, 6) is -0.126. The van der Waals surface area contributed by atoms with Gasteiger partial charge in [-0.25, -0.2) is 0 Å². The molecule has 1 aromatic heterocycles. The number of carbonyl (C=O) groups excluding carboxylic acids is 2. The van der Waals surface area contributed by atoms with E-state index in [9.17, 15) is 9.59 Å². The lowest BCUT2D eigenvalue weighted by atomic mass is 10.1. The van der Waals surface area contributed by atoms with Gasteiger partial charge in [-0.3, -0.25) is 25.4 Å². The molecule has 0 aliphatic rings. The summed E-state index contributed by atoms with van der Waals surface area (Å²) in [6.07, 6.45) is 3.09. The predicted molar refractivity (Wildman–Crippen MR) is 76.5 cm³/mol. The van der Waals surface area contributed by atoms with E-state index in [0.29, 0.717) is 11.3 Å². The van der Waals surface area contributed by atoms with E-state index in [4.69, 9.17) is 4.74 Å². The van der Waals surface area contributed by atoms with Gasteiger partial charge in [0.25, 0.3) is 5.91 Å². The van der Waals surface area contributed by atoms with Gasteiger partial charge in [0, 0.05) is 18.0 Å². The second kappa shape index (κ2) is 7.04. The van der Waals surface area contributed by atoms with Crippen LogP contribution in [0.25, 0.3) is 0 Å². The Bertz CT molecular complexity index is 629. The van der Waals surface area contributed by atoms with Crippen molar-refractivity contribution < 1.29 is 14.3 Å². The number of pyridine rings is 1. The molecule has 1 heterocycles. The van der Waals surface area contributed by atoms with Crippen LogP contribution in [-0.2, 0) is 11.2 Å². The smallest absolute Gasteiger partial charge is 0.271 e. The Hall–Kier alpha value is -2.89. The third kappa shape index (κ3) is 4.04. The average molecular weight is 285 g/mol. The van der Waals surface area contributed by atoms with E-state index in [-0.39, 0.29) is 12.3 Å². The molecule has 0 spiro atoms. The van der Waals surface area contributed by atoms with E-state index in [1.807, 2.05) is 12.1 Å². The minimum absolute atomic E-state index is 0.108. The molecule has 1 aromatic carbocycles. The zero-order valence-corrected chi connectivity index (χ0v) is 11.5. The van der Waals surface area contributed by atoms with E-state index in [0.717, 1.165) is 5.56 Å². The minimum atomic E-state index is -0.420. The topological polar surface area (TPSA) is 80.3 Å². The molecule has 21 heavy (non-hydrogen) atoms. The molecular weight excluding hydrogens is 270 g/mol. The van der Waals surface area contributed by atoms with Crippen molar-refractivity contribution in [1.29, 1.82) is 0 Å². The number of hydrazine groups is 1. The number of methoxy groups -OCH3 is 1.